The first-order valence-corrected chi connectivity index (χ1v) is 9.57. The van der Waals surface area contributed by atoms with Crippen LogP contribution in [0.1, 0.15) is 12.5 Å². The molecule has 0 spiro atoms. The summed E-state index contributed by atoms with van der Waals surface area (Å²) in [5, 5.41) is 0.507. The maximum atomic E-state index is 13.0. The van der Waals surface area contributed by atoms with Gasteiger partial charge in [0.15, 0.2) is 0 Å². The Morgan fingerprint density at radius 2 is 1.91 bits per heavy atom. The van der Waals surface area contributed by atoms with Crippen molar-refractivity contribution in [1.29, 1.82) is 0 Å². The SMILES string of the molecule is C[C@H]1Cc2cc(Br)ccc2N1S(=O)(=O)c1cc(Cl)ccc1Cl. The molecule has 0 aromatic heterocycles. The van der Waals surface area contributed by atoms with Crippen LogP contribution in [0.3, 0.4) is 0 Å². The van der Waals surface area contributed by atoms with Crippen LogP contribution in [0.25, 0.3) is 0 Å². The van der Waals surface area contributed by atoms with Gasteiger partial charge in [0.05, 0.1) is 10.7 Å². The Morgan fingerprint density at radius 3 is 2.64 bits per heavy atom. The molecule has 3 nitrogen and oxygen atoms in total. The van der Waals surface area contributed by atoms with Crippen molar-refractivity contribution in [3.8, 4) is 0 Å². The van der Waals surface area contributed by atoms with E-state index in [1.165, 1.54) is 16.4 Å². The Labute approximate surface area is 148 Å². The first kappa shape index (κ1) is 16.1. The molecule has 0 bridgehead atoms. The lowest BCUT2D eigenvalue weighted by molar-refractivity contribution is 0.584. The third kappa shape index (κ3) is 2.64. The van der Waals surface area contributed by atoms with Crippen molar-refractivity contribution in [3.63, 3.8) is 0 Å². The van der Waals surface area contributed by atoms with Crippen molar-refractivity contribution in [3.05, 3.63) is 56.5 Å². The van der Waals surface area contributed by atoms with Crippen LogP contribution >= 0.6 is 39.1 Å². The van der Waals surface area contributed by atoms with E-state index in [9.17, 15) is 8.42 Å². The lowest BCUT2D eigenvalue weighted by Gasteiger charge is -2.25. The van der Waals surface area contributed by atoms with Crippen LogP contribution in [0.5, 0.6) is 0 Å². The Bertz CT molecular complexity index is 855. The van der Waals surface area contributed by atoms with E-state index < -0.39 is 10.0 Å². The minimum Gasteiger partial charge on any atom is -0.263 e. The van der Waals surface area contributed by atoms with Crippen LogP contribution in [-0.2, 0) is 16.4 Å². The fourth-order valence-electron chi connectivity index (χ4n) is 2.72. The molecule has 116 valence electrons. The van der Waals surface area contributed by atoms with Gasteiger partial charge in [0.1, 0.15) is 4.90 Å². The van der Waals surface area contributed by atoms with Crippen molar-refractivity contribution in [2.24, 2.45) is 0 Å². The van der Waals surface area contributed by atoms with Gasteiger partial charge < -0.3 is 0 Å². The minimum atomic E-state index is -3.77. The third-order valence-corrected chi connectivity index (χ3v) is 6.76. The van der Waals surface area contributed by atoms with Gasteiger partial charge in [-0.2, -0.15) is 0 Å². The van der Waals surface area contributed by atoms with E-state index in [-0.39, 0.29) is 16.0 Å². The first-order chi connectivity index (χ1) is 10.3. The van der Waals surface area contributed by atoms with E-state index in [0.717, 1.165) is 10.0 Å². The molecule has 0 unspecified atom stereocenters. The molecule has 0 amide bonds. The fourth-order valence-corrected chi connectivity index (χ4v) is 5.56. The fraction of sp³-hybridized carbons (Fsp3) is 0.200. The summed E-state index contributed by atoms with van der Waals surface area (Å²) >= 11 is 15.4. The average molecular weight is 421 g/mol. The first-order valence-electron chi connectivity index (χ1n) is 6.58. The molecular weight excluding hydrogens is 409 g/mol. The van der Waals surface area contributed by atoms with Gasteiger partial charge in [-0.05, 0) is 55.3 Å². The second kappa shape index (κ2) is 5.71. The van der Waals surface area contributed by atoms with E-state index in [1.54, 1.807) is 12.1 Å². The number of anilines is 1. The Morgan fingerprint density at radius 1 is 1.18 bits per heavy atom. The van der Waals surface area contributed by atoms with E-state index in [4.69, 9.17) is 23.2 Å². The largest absolute Gasteiger partial charge is 0.266 e. The maximum absolute atomic E-state index is 13.0. The average Bonchev–Trinajstić information content (AvgIpc) is 2.76. The van der Waals surface area contributed by atoms with Crippen molar-refractivity contribution in [2.75, 3.05) is 4.31 Å². The number of benzene rings is 2. The highest BCUT2D eigenvalue weighted by Crippen LogP contribution is 2.39. The molecule has 22 heavy (non-hydrogen) atoms. The number of nitrogens with zero attached hydrogens (tertiary/aromatic N) is 1. The van der Waals surface area contributed by atoms with Crippen molar-refractivity contribution >= 4 is 54.8 Å². The van der Waals surface area contributed by atoms with Gasteiger partial charge in [-0.15, -0.1) is 0 Å². The number of hydrogen-bond donors (Lipinski definition) is 0. The summed E-state index contributed by atoms with van der Waals surface area (Å²) in [7, 11) is -3.77. The summed E-state index contributed by atoms with van der Waals surface area (Å²) in [5.41, 5.74) is 1.68. The molecule has 1 atom stereocenters. The van der Waals surface area contributed by atoms with Crippen LogP contribution in [-0.4, -0.2) is 14.5 Å². The highest BCUT2D eigenvalue weighted by atomic mass is 79.9. The number of rotatable bonds is 2. The van der Waals surface area contributed by atoms with Crippen molar-refractivity contribution in [2.45, 2.75) is 24.3 Å². The zero-order chi connectivity index (χ0) is 16.1. The Kier molecular flexibility index (Phi) is 4.18. The van der Waals surface area contributed by atoms with Gasteiger partial charge in [-0.25, -0.2) is 8.42 Å². The molecule has 2 aromatic carbocycles. The number of fused-ring (bicyclic) bond motifs is 1. The van der Waals surface area contributed by atoms with E-state index in [0.29, 0.717) is 17.1 Å². The van der Waals surface area contributed by atoms with Crippen LogP contribution in [0.15, 0.2) is 45.8 Å². The van der Waals surface area contributed by atoms with E-state index in [1.807, 2.05) is 19.1 Å². The Balaban J connectivity index is 2.16. The summed E-state index contributed by atoms with van der Waals surface area (Å²) in [6, 6.07) is 9.87. The summed E-state index contributed by atoms with van der Waals surface area (Å²) in [4.78, 5) is 0.0317. The Hall–Kier alpha value is -0.750. The molecule has 0 radical (unpaired) electrons. The van der Waals surface area contributed by atoms with Gasteiger partial charge in [-0.1, -0.05) is 39.1 Å². The molecule has 0 fully saturated rings. The molecule has 2 aromatic rings. The van der Waals surface area contributed by atoms with Crippen molar-refractivity contribution in [1.82, 2.24) is 0 Å². The molecule has 0 saturated heterocycles. The zero-order valence-corrected chi connectivity index (χ0v) is 15.5. The molecule has 1 aliphatic rings. The molecule has 1 heterocycles. The summed E-state index contributed by atoms with van der Waals surface area (Å²) in [6.07, 6.45) is 0.659. The van der Waals surface area contributed by atoms with Gasteiger partial charge in [0.2, 0.25) is 0 Å². The minimum absolute atomic E-state index is 0.0317. The molecule has 0 saturated carbocycles. The normalized spacial score (nSPS) is 17.6. The maximum Gasteiger partial charge on any atom is 0.266 e. The monoisotopic (exact) mass is 419 g/mol. The highest BCUT2D eigenvalue weighted by molar-refractivity contribution is 9.10. The summed E-state index contributed by atoms with van der Waals surface area (Å²) in [5.74, 6) is 0. The number of sulfonamides is 1. The summed E-state index contributed by atoms with van der Waals surface area (Å²) < 4.78 is 28.4. The zero-order valence-electron chi connectivity index (χ0n) is 11.6. The molecule has 7 heteroatoms. The van der Waals surface area contributed by atoms with Crippen LogP contribution in [0, 0.1) is 0 Å². The lowest BCUT2D eigenvalue weighted by atomic mass is 10.1. The highest BCUT2D eigenvalue weighted by Gasteiger charge is 2.37. The predicted octanol–water partition coefficient (Wildman–Crippen LogP) is 4.90. The van der Waals surface area contributed by atoms with Crippen LogP contribution in [0.2, 0.25) is 10.0 Å². The molecule has 3 rings (SSSR count). The van der Waals surface area contributed by atoms with Crippen molar-refractivity contribution < 1.29 is 8.42 Å². The molecule has 1 aliphatic heterocycles. The second-order valence-electron chi connectivity index (χ2n) is 5.20. The van der Waals surface area contributed by atoms with E-state index >= 15 is 0 Å². The summed E-state index contributed by atoms with van der Waals surface area (Å²) in [6.45, 7) is 1.88. The van der Waals surface area contributed by atoms with Gasteiger partial charge >= 0.3 is 0 Å². The quantitative estimate of drug-likeness (QED) is 0.693. The van der Waals surface area contributed by atoms with Crippen LogP contribution in [0.4, 0.5) is 5.69 Å². The lowest BCUT2D eigenvalue weighted by Crippen LogP contribution is -2.35. The van der Waals surface area contributed by atoms with Gasteiger partial charge in [-0.3, -0.25) is 4.31 Å². The number of hydrogen-bond acceptors (Lipinski definition) is 2. The molecule has 0 N–H and O–H groups in total. The number of halogens is 3. The van der Waals surface area contributed by atoms with Gasteiger partial charge in [0, 0.05) is 15.5 Å². The van der Waals surface area contributed by atoms with Crippen LogP contribution < -0.4 is 4.31 Å². The topological polar surface area (TPSA) is 37.4 Å². The second-order valence-corrected chi connectivity index (χ2v) is 8.74. The smallest absolute Gasteiger partial charge is 0.263 e. The van der Waals surface area contributed by atoms with E-state index in [2.05, 4.69) is 15.9 Å². The predicted molar refractivity (Wildman–Crippen MR) is 93.4 cm³/mol. The molecule has 0 aliphatic carbocycles. The third-order valence-electron chi connectivity index (χ3n) is 3.62. The molecular formula is C15H12BrCl2NO2S. The standard InChI is InChI=1S/C15H12BrCl2NO2S/c1-9-6-10-7-11(16)2-5-14(10)19(9)22(20,21)15-8-12(17)3-4-13(15)18/h2-5,7-9H,6H2,1H3/t9-/m0/s1. The van der Waals surface area contributed by atoms with Gasteiger partial charge in [0.25, 0.3) is 10.0 Å².